The van der Waals surface area contributed by atoms with E-state index in [-0.39, 0.29) is 23.0 Å². The van der Waals surface area contributed by atoms with Crippen LogP contribution in [0.3, 0.4) is 0 Å². The lowest BCUT2D eigenvalue weighted by molar-refractivity contribution is 0.0827. The van der Waals surface area contributed by atoms with Crippen LogP contribution in [0, 0.1) is 11.3 Å². The third-order valence-corrected chi connectivity index (χ3v) is 6.25. The number of amides is 2. The molecule has 1 unspecified atom stereocenters. The van der Waals surface area contributed by atoms with Crippen molar-refractivity contribution in [1.82, 2.24) is 4.90 Å². The number of hydrogen-bond donors (Lipinski definition) is 1. The first-order valence-corrected chi connectivity index (χ1v) is 9.71. The van der Waals surface area contributed by atoms with Gasteiger partial charge in [-0.1, -0.05) is 20.8 Å². The number of carbonyl (C=O) groups excluding carboxylic acids is 2. The van der Waals surface area contributed by atoms with Crippen molar-refractivity contribution in [3.63, 3.8) is 0 Å². The van der Waals surface area contributed by atoms with Crippen molar-refractivity contribution in [2.45, 2.75) is 40.0 Å². The molecule has 0 aliphatic heterocycles. The van der Waals surface area contributed by atoms with Crippen LogP contribution in [0.4, 0.5) is 5.00 Å². The third kappa shape index (κ3) is 3.56. The molecule has 2 aromatic heterocycles. The van der Waals surface area contributed by atoms with E-state index in [0.717, 1.165) is 24.8 Å². The summed E-state index contributed by atoms with van der Waals surface area (Å²) in [5.74, 6) is 0.428. The van der Waals surface area contributed by atoms with Gasteiger partial charge < -0.3 is 14.6 Å². The molecule has 2 aromatic rings. The van der Waals surface area contributed by atoms with Gasteiger partial charge in [-0.3, -0.25) is 9.59 Å². The molecule has 1 aliphatic rings. The van der Waals surface area contributed by atoms with E-state index < -0.39 is 0 Å². The van der Waals surface area contributed by atoms with Crippen LogP contribution in [0.15, 0.2) is 22.8 Å². The lowest BCUT2D eigenvalue weighted by atomic mass is 9.72. The first-order chi connectivity index (χ1) is 12.2. The Balaban J connectivity index is 1.97. The monoisotopic (exact) mass is 374 g/mol. The number of carbonyl (C=O) groups is 2. The number of fused-ring (bicyclic) bond motifs is 1. The second-order valence-corrected chi connectivity index (χ2v) is 9.25. The molecule has 6 heteroatoms. The smallest absolute Gasteiger partial charge is 0.291 e. The van der Waals surface area contributed by atoms with Crippen molar-refractivity contribution in [2.24, 2.45) is 11.3 Å². The maximum Gasteiger partial charge on any atom is 0.291 e. The van der Waals surface area contributed by atoms with Gasteiger partial charge in [-0.2, -0.15) is 0 Å². The predicted molar refractivity (Wildman–Crippen MR) is 104 cm³/mol. The fraction of sp³-hybridized carbons (Fsp3) is 0.500. The van der Waals surface area contributed by atoms with Gasteiger partial charge in [0, 0.05) is 19.0 Å². The molecule has 0 spiro atoms. The van der Waals surface area contributed by atoms with Gasteiger partial charge in [0.1, 0.15) is 5.00 Å². The van der Waals surface area contributed by atoms with Crippen molar-refractivity contribution >= 4 is 28.2 Å². The van der Waals surface area contributed by atoms with Crippen molar-refractivity contribution < 1.29 is 14.0 Å². The zero-order chi connectivity index (χ0) is 19.1. The SMILES string of the molecule is CN(C)C(=O)c1c(NC(=O)c2ccco2)sc2c1CCC(C(C)(C)C)C2. The molecular formula is C20H26N2O3S. The number of thiophene rings is 1. The van der Waals surface area contributed by atoms with Crippen LogP contribution < -0.4 is 5.32 Å². The summed E-state index contributed by atoms with van der Waals surface area (Å²) in [5.41, 5.74) is 1.97. The average Bonchev–Trinajstić information content (AvgIpc) is 3.20. The molecule has 0 saturated carbocycles. The summed E-state index contributed by atoms with van der Waals surface area (Å²) in [5, 5.41) is 3.53. The van der Waals surface area contributed by atoms with Crippen LogP contribution in [0.25, 0.3) is 0 Å². The Hall–Kier alpha value is -2.08. The number of rotatable bonds is 3. The van der Waals surface area contributed by atoms with Gasteiger partial charge >= 0.3 is 0 Å². The van der Waals surface area contributed by atoms with Crippen LogP contribution in [-0.4, -0.2) is 30.8 Å². The fourth-order valence-electron chi connectivity index (χ4n) is 3.44. The molecule has 0 radical (unpaired) electrons. The Morgan fingerprint density at radius 2 is 2.04 bits per heavy atom. The number of nitrogens with one attached hydrogen (secondary N) is 1. The van der Waals surface area contributed by atoms with Crippen molar-refractivity contribution in [2.75, 3.05) is 19.4 Å². The Morgan fingerprint density at radius 1 is 1.31 bits per heavy atom. The van der Waals surface area contributed by atoms with E-state index in [1.54, 1.807) is 31.1 Å². The molecule has 2 heterocycles. The second-order valence-electron chi connectivity index (χ2n) is 8.14. The van der Waals surface area contributed by atoms with E-state index in [4.69, 9.17) is 4.42 Å². The minimum absolute atomic E-state index is 0.0635. The van der Waals surface area contributed by atoms with Crippen molar-refractivity contribution in [3.8, 4) is 0 Å². The Morgan fingerprint density at radius 3 is 2.62 bits per heavy atom. The molecule has 2 amide bonds. The summed E-state index contributed by atoms with van der Waals surface area (Å²) in [7, 11) is 3.48. The molecule has 0 aromatic carbocycles. The highest BCUT2D eigenvalue weighted by Crippen LogP contribution is 2.44. The minimum atomic E-state index is -0.325. The van der Waals surface area contributed by atoms with Gasteiger partial charge in [-0.15, -0.1) is 11.3 Å². The van der Waals surface area contributed by atoms with Gasteiger partial charge in [0.2, 0.25) is 0 Å². The van der Waals surface area contributed by atoms with Crippen molar-refractivity contribution in [3.05, 3.63) is 40.2 Å². The van der Waals surface area contributed by atoms with E-state index in [1.807, 2.05) is 0 Å². The zero-order valence-electron chi connectivity index (χ0n) is 16.0. The summed E-state index contributed by atoms with van der Waals surface area (Å²) >= 11 is 1.53. The molecule has 1 aliphatic carbocycles. The standard InChI is InChI=1S/C20H26N2O3S/c1-20(2,3)12-8-9-13-15(11-12)26-18(16(13)19(24)22(4)5)21-17(23)14-7-6-10-25-14/h6-7,10,12H,8-9,11H2,1-5H3,(H,21,23). The first kappa shape index (κ1) is 18.7. The van der Waals surface area contributed by atoms with Crippen LogP contribution in [-0.2, 0) is 12.8 Å². The highest BCUT2D eigenvalue weighted by atomic mass is 32.1. The van der Waals surface area contributed by atoms with E-state index in [9.17, 15) is 9.59 Å². The normalized spacial score (nSPS) is 16.9. The topological polar surface area (TPSA) is 62.6 Å². The molecule has 1 atom stereocenters. The molecule has 140 valence electrons. The predicted octanol–water partition coefficient (Wildman–Crippen LogP) is 4.45. The fourth-order valence-corrected chi connectivity index (χ4v) is 4.75. The van der Waals surface area contributed by atoms with Gasteiger partial charge in [0.15, 0.2) is 5.76 Å². The average molecular weight is 375 g/mol. The van der Waals surface area contributed by atoms with E-state index in [1.165, 1.54) is 22.5 Å². The van der Waals surface area contributed by atoms with Gasteiger partial charge in [-0.25, -0.2) is 0 Å². The summed E-state index contributed by atoms with van der Waals surface area (Å²) < 4.78 is 5.18. The Labute approximate surface area is 158 Å². The number of furan rings is 1. The van der Waals surface area contributed by atoms with E-state index in [0.29, 0.717) is 16.5 Å². The first-order valence-electron chi connectivity index (χ1n) is 8.89. The molecule has 0 bridgehead atoms. The summed E-state index contributed by atoms with van der Waals surface area (Å²) in [6, 6.07) is 3.29. The maximum absolute atomic E-state index is 12.8. The zero-order valence-corrected chi connectivity index (χ0v) is 16.8. The molecule has 5 nitrogen and oxygen atoms in total. The van der Waals surface area contributed by atoms with Crippen molar-refractivity contribution in [1.29, 1.82) is 0 Å². The number of nitrogens with zero attached hydrogens (tertiary/aromatic N) is 1. The second kappa shape index (κ2) is 6.91. The molecule has 0 fully saturated rings. The van der Waals surface area contributed by atoms with E-state index >= 15 is 0 Å². The van der Waals surface area contributed by atoms with Gasteiger partial charge in [0.05, 0.1) is 11.8 Å². The molecule has 3 rings (SSSR count). The summed E-state index contributed by atoms with van der Waals surface area (Å²) in [4.78, 5) is 28.0. The Kier molecular flexibility index (Phi) is 4.97. The highest BCUT2D eigenvalue weighted by Gasteiger charge is 2.34. The van der Waals surface area contributed by atoms with Crippen LogP contribution >= 0.6 is 11.3 Å². The molecular weight excluding hydrogens is 348 g/mol. The van der Waals surface area contributed by atoms with Crippen LogP contribution in [0.1, 0.15) is 58.5 Å². The Bertz CT molecular complexity index is 813. The third-order valence-electron chi connectivity index (χ3n) is 5.08. The van der Waals surface area contributed by atoms with Gasteiger partial charge in [-0.05, 0) is 48.3 Å². The quantitative estimate of drug-likeness (QED) is 0.863. The van der Waals surface area contributed by atoms with Gasteiger partial charge in [0.25, 0.3) is 11.8 Å². The molecule has 26 heavy (non-hydrogen) atoms. The lowest BCUT2D eigenvalue weighted by Crippen LogP contribution is -2.28. The van der Waals surface area contributed by atoms with Crippen LogP contribution in [0.5, 0.6) is 0 Å². The largest absolute Gasteiger partial charge is 0.459 e. The molecule has 1 N–H and O–H groups in total. The number of hydrogen-bond acceptors (Lipinski definition) is 4. The highest BCUT2D eigenvalue weighted by molar-refractivity contribution is 7.17. The lowest BCUT2D eigenvalue weighted by Gasteiger charge is -2.34. The maximum atomic E-state index is 12.8. The van der Waals surface area contributed by atoms with E-state index in [2.05, 4.69) is 26.1 Å². The summed E-state index contributed by atoms with van der Waals surface area (Å²) in [6.45, 7) is 6.80. The molecule has 0 saturated heterocycles. The number of anilines is 1. The summed E-state index contributed by atoms with van der Waals surface area (Å²) in [6.07, 6.45) is 4.35. The minimum Gasteiger partial charge on any atom is -0.459 e. The van der Waals surface area contributed by atoms with Crippen LogP contribution in [0.2, 0.25) is 0 Å².